The highest BCUT2D eigenvalue weighted by Crippen LogP contribution is 2.33. The largest absolute Gasteiger partial charge is 0.345 e. The van der Waals surface area contributed by atoms with Crippen molar-refractivity contribution in [3.8, 4) is 0 Å². The number of carbonyl (C=O) groups is 1. The zero-order valence-corrected chi connectivity index (χ0v) is 12.2. The monoisotopic (exact) mass is 335 g/mol. The van der Waals surface area contributed by atoms with Gasteiger partial charge in [-0.25, -0.2) is 0 Å². The third kappa shape index (κ3) is 2.78. The van der Waals surface area contributed by atoms with Crippen LogP contribution in [-0.4, -0.2) is 17.3 Å². The van der Waals surface area contributed by atoms with Crippen LogP contribution < -0.4 is 5.32 Å². The fourth-order valence-electron chi connectivity index (χ4n) is 1.88. The molecule has 0 unspecified atom stereocenters. The zero-order valence-electron chi connectivity index (χ0n) is 9.10. The number of hydrogen-bond donors (Lipinski definition) is 1. The fourth-order valence-corrected chi connectivity index (χ4v) is 2.81. The highest BCUT2D eigenvalue weighted by molar-refractivity contribution is 9.10. The van der Waals surface area contributed by atoms with Crippen molar-refractivity contribution in [2.45, 2.75) is 24.8 Å². The number of rotatable bonds is 3. The molecule has 2 nitrogen and oxygen atoms in total. The Kier molecular flexibility index (Phi) is 4.01. The van der Waals surface area contributed by atoms with Crippen molar-refractivity contribution < 1.29 is 4.79 Å². The molecule has 0 saturated heterocycles. The Morgan fingerprint density at radius 1 is 1.47 bits per heavy atom. The van der Waals surface area contributed by atoms with Crippen molar-refractivity contribution in [1.29, 1.82) is 0 Å². The van der Waals surface area contributed by atoms with E-state index in [1.165, 1.54) is 0 Å². The van der Waals surface area contributed by atoms with Crippen LogP contribution in [0.5, 0.6) is 0 Å². The molecule has 17 heavy (non-hydrogen) atoms. The average molecular weight is 337 g/mol. The first-order valence-electron chi connectivity index (χ1n) is 5.40. The topological polar surface area (TPSA) is 29.1 Å². The molecule has 1 fully saturated rings. The molecule has 5 heteroatoms. The number of alkyl halides is 1. The van der Waals surface area contributed by atoms with E-state index in [1.54, 1.807) is 18.2 Å². The Labute approximate surface area is 119 Å². The van der Waals surface area contributed by atoms with E-state index >= 15 is 0 Å². The van der Waals surface area contributed by atoms with E-state index in [1.807, 2.05) is 0 Å². The minimum absolute atomic E-state index is 0.125. The first-order chi connectivity index (χ1) is 8.06. The van der Waals surface area contributed by atoms with Crippen molar-refractivity contribution in [3.05, 3.63) is 33.3 Å². The van der Waals surface area contributed by atoms with Gasteiger partial charge in [0.2, 0.25) is 0 Å². The van der Waals surface area contributed by atoms with Crippen molar-refractivity contribution in [2.24, 2.45) is 0 Å². The molecule has 1 amide bonds. The van der Waals surface area contributed by atoms with E-state index in [-0.39, 0.29) is 11.4 Å². The van der Waals surface area contributed by atoms with Crippen LogP contribution in [0.4, 0.5) is 0 Å². The van der Waals surface area contributed by atoms with Gasteiger partial charge >= 0.3 is 0 Å². The van der Waals surface area contributed by atoms with Gasteiger partial charge in [-0.1, -0.05) is 11.6 Å². The van der Waals surface area contributed by atoms with E-state index in [0.29, 0.717) is 16.5 Å². The molecule has 0 bridgehead atoms. The smallest absolute Gasteiger partial charge is 0.252 e. The van der Waals surface area contributed by atoms with Crippen LogP contribution in [0, 0.1) is 0 Å². The van der Waals surface area contributed by atoms with Crippen LogP contribution in [0.3, 0.4) is 0 Å². The Bertz CT molecular complexity index is 441. The summed E-state index contributed by atoms with van der Waals surface area (Å²) in [7, 11) is 0. The van der Waals surface area contributed by atoms with Crippen molar-refractivity contribution in [1.82, 2.24) is 5.32 Å². The minimum atomic E-state index is -0.222. The molecule has 0 heterocycles. The summed E-state index contributed by atoms with van der Waals surface area (Å²) in [5.41, 5.74) is 0.328. The molecule has 1 saturated carbocycles. The van der Waals surface area contributed by atoms with Gasteiger partial charge in [0.15, 0.2) is 0 Å². The second-order valence-corrected chi connectivity index (χ2v) is 5.90. The normalized spacial score (nSPS) is 17.4. The fraction of sp³-hybridized carbons (Fsp3) is 0.417. The van der Waals surface area contributed by atoms with Gasteiger partial charge in [-0.2, -0.15) is 0 Å². The van der Waals surface area contributed by atoms with E-state index in [0.717, 1.165) is 23.7 Å². The predicted molar refractivity (Wildman–Crippen MR) is 73.9 cm³/mol. The van der Waals surface area contributed by atoms with E-state index in [9.17, 15) is 4.79 Å². The number of halogens is 3. The maximum Gasteiger partial charge on any atom is 0.252 e. The Balaban J connectivity index is 2.17. The van der Waals surface area contributed by atoms with Gasteiger partial charge in [0.1, 0.15) is 0 Å². The molecule has 1 aromatic carbocycles. The summed E-state index contributed by atoms with van der Waals surface area (Å²) in [6.45, 7) is 0. The summed E-state index contributed by atoms with van der Waals surface area (Å²) in [6.07, 6.45) is 3.00. The molecule has 0 spiro atoms. The second kappa shape index (κ2) is 5.17. The van der Waals surface area contributed by atoms with Crippen molar-refractivity contribution in [2.75, 3.05) is 5.88 Å². The number of amides is 1. The summed E-state index contributed by atoms with van der Waals surface area (Å²) in [6, 6.07) is 5.16. The van der Waals surface area contributed by atoms with Crippen LogP contribution in [0.25, 0.3) is 0 Å². The van der Waals surface area contributed by atoms with Crippen LogP contribution in [0.1, 0.15) is 29.6 Å². The lowest BCUT2D eigenvalue weighted by molar-refractivity contribution is 0.0853. The summed E-state index contributed by atoms with van der Waals surface area (Å²) >= 11 is 15.1. The third-order valence-electron chi connectivity index (χ3n) is 3.12. The summed E-state index contributed by atoms with van der Waals surface area (Å²) in [4.78, 5) is 12.1. The molecule has 0 aliphatic heterocycles. The van der Waals surface area contributed by atoms with Crippen LogP contribution in [0.15, 0.2) is 22.7 Å². The van der Waals surface area contributed by atoms with E-state index in [4.69, 9.17) is 23.2 Å². The number of nitrogens with one attached hydrogen (secondary N) is 1. The summed E-state index contributed by atoms with van der Waals surface area (Å²) in [5, 5.41) is 3.55. The lowest BCUT2D eigenvalue weighted by atomic mass is 9.78. The quantitative estimate of drug-likeness (QED) is 0.831. The molecule has 2 rings (SSSR count). The first kappa shape index (κ1) is 13.2. The van der Waals surface area contributed by atoms with Gasteiger partial charge in [0, 0.05) is 15.4 Å². The maximum absolute atomic E-state index is 12.1. The highest BCUT2D eigenvalue weighted by Gasteiger charge is 2.37. The van der Waals surface area contributed by atoms with Gasteiger partial charge in [0.25, 0.3) is 5.91 Å². The van der Waals surface area contributed by atoms with E-state index < -0.39 is 0 Å². The third-order valence-corrected chi connectivity index (χ3v) is 4.56. The SMILES string of the molecule is O=C(NC1(CCl)CCC1)c1cc(Cl)ccc1Br. The standard InChI is InChI=1S/C12H12BrCl2NO/c13-10-3-2-8(15)6-9(10)11(17)16-12(7-14)4-1-5-12/h2-3,6H,1,4-5,7H2,(H,16,17). The summed E-state index contributed by atoms with van der Waals surface area (Å²) < 4.78 is 0.739. The number of benzene rings is 1. The van der Waals surface area contributed by atoms with Gasteiger partial charge in [-0.05, 0) is 53.4 Å². The van der Waals surface area contributed by atoms with Gasteiger partial charge in [0.05, 0.1) is 11.1 Å². The second-order valence-electron chi connectivity index (χ2n) is 4.35. The van der Waals surface area contributed by atoms with Gasteiger partial charge < -0.3 is 5.32 Å². The molecule has 1 aliphatic carbocycles. The average Bonchev–Trinajstić information content (AvgIpc) is 2.26. The molecule has 0 atom stereocenters. The van der Waals surface area contributed by atoms with Gasteiger partial charge in [-0.3, -0.25) is 4.79 Å². The number of hydrogen-bond acceptors (Lipinski definition) is 1. The molecule has 92 valence electrons. The van der Waals surface area contributed by atoms with Crippen molar-refractivity contribution >= 4 is 45.0 Å². The lowest BCUT2D eigenvalue weighted by Crippen LogP contribution is -2.55. The van der Waals surface area contributed by atoms with Crippen LogP contribution >= 0.6 is 39.1 Å². The van der Waals surface area contributed by atoms with Gasteiger partial charge in [-0.15, -0.1) is 11.6 Å². The van der Waals surface area contributed by atoms with Crippen LogP contribution in [-0.2, 0) is 0 Å². The maximum atomic E-state index is 12.1. The molecular formula is C12H12BrCl2NO. The van der Waals surface area contributed by atoms with Crippen molar-refractivity contribution in [3.63, 3.8) is 0 Å². The molecular weight excluding hydrogens is 325 g/mol. The molecule has 1 N–H and O–H groups in total. The molecule has 1 aromatic rings. The molecule has 0 aromatic heterocycles. The lowest BCUT2D eigenvalue weighted by Gasteiger charge is -2.41. The Morgan fingerprint density at radius 3 is 2.71 bits per heavy atom. The minimum Gasteiger partial charge on any atom is -0.345 e. The zero-order chi connectivity index (χ0) is 12.5. The molecule has 0 radical (unpaired) electrons. The Hall–Kier alpha value is -0.250. The Morgan fingerprint density at radius 2 is 2.18 bits per heavy atom. The molecule has 1 aliphatic rings. The highest BCUT2D eigenvalue weighted by atomic mass is 79.9. The first-order valence-corrected chi connectivity index (χ1v) is 7.10. The predicted octanol–water partition coefficient (Wildman–Crippen LogP) is 3.99. The number of carbonyl (C=O) groups excluding carboxylic acids is 1. The van der Waals surface area contributed by atoms with E-state index in [2.05, 4.69) is 21.2 Å². The van der Waals surface area contributed by atoms with Crippen LogP contribution in [0.2, 0.25) is 5.02 Å². The summed E-state index contributed by atoms with van der Waals surface area (Å²) in [5.74, 6) is 0.330.